The Hall–Kier alpha value is -1.44. The summed E-state index contributed by atoms with van der Waals surface area (Å²) in [7, 11) is 0. The summed E-state index contributed by atoms with van der Waals surface area (Å²) in [6, 6.07) is 4.02. The molecule has 1 aliphatic rings. The predicted octanol–water partition coefficient (Wildman–Crippen LogP) is 3.05. The average molecular weight is 337 g/mol. The van der Waals surface area contributed by atoms with Crippen molar-refractivity contribution in [3.05, 3.63) is 38.5 Å². The van der Waals surface area contributed by atoms with Gasteiger partial charge in [-0.2, -0.15) is 0 Å². The lowest BCUT2D eigenvalue weighted by atomic mass is 10.2. The number of rotatable bonds is 4. The third-order valence-electron chi connectivity index (χ3n) is 3.54. The number of hydrogen-bond donors (Lipinski definition) is 1. The number of thiazole rings is 1. The van der Waals surface area contributed by atoms with Gasteiger partial charge in [0.05, 0.1) is 30.4 Å². The Morgan fingerprint density at radius 2 is 2.45 bits per heavy atom. The van der Waals surface area contributed by atoms with E-state index in [1.807, 2.05) is 21.7 Å². The Morgan fingerprint density at radius 3 is 3.18 bits per heavy atom. The number of morpholine rings is 1. The van der Waals surface area contributed by atoms with Crippen molar-refractivity contribution in [1.82, 2.24) is 15.2 Å². The number of amides is 2. The SMILES string of the molecule is CCc1nc(CNC(=O)N2CCO[C@H](c3cccs3)C2)cs1. The van der Waals surface area contributed by atoms with Crippen molar-refractivity contribution in [2.75, 3.05) is 19.7 Å². The number of urea groups is 1. The Morgan fingerprint density at radius 1 is 1.55 bits per heavy atom. The van der Waals surface area contributed by atoms with Gasteiger partial charge in [-0.05, 0) is 17.9 Å². The number of carbonyl (C=O) groups is 1. The number of hydrogen-bond acceptors (Lipinski definition) is 5. The quantitative estimate of drug-likeness (QED) is 0.933. The van der Waals surface area contributed by atoms with E-state index in [1.54, 1.807) is 22.7 Å². The summed E-state index contributed by atoms with van der Waals surface area (Å²) in [6.45, 7) is 4.37. The first-order chi connectivity index (χ1) is 10.8. The molecule has 2 aromatic rings. The maximum atomic E-state index is 12.3. The van der Waals surface area contributed by atoms with Crippen LogP contribution in [0.2, 0.25) is 0 Å². The van der Waals surface area contributed by atoms with Crippen molar-refractivity contribution in [2.45, 2.75) is 26.0 Å². The van der Waals surface area contributed by atoms with E-state index in [9.17, 15) is 4.79 Å². The number of thiophene rings is 1. The summed E-state index contributed by atoms with van der Waals surface area (Å²) in [4.78, 5) is 19.8. The van der Waals surface area contributed by atoms with E-state index in [2.05, 4.69) is 23.3 Å². The molecule has 0 saturated carbocycles. The zero-order chi connectivity index (χ0) is 15.4. The van der Waals surface area contributed by atoms with Crippen LogP contribution in [0.15, 0.2) is 22.9 Å². The van der Waals surface area contributed by atoms with Gasteiger partial charge in [0, 0.05) is 16.8 Å². The minimum absolute atomic E-state index is 0.00883. The van der Waals surface area contributed by atoms with E-state index < -0.39 is 0 Å². The normalized spacial score (nSPS) is 18.4. The van der Waals surface area contributed by atoms with Gasteiger partial charge < -0.3 is 15.0 Å². The minimum Gasteiger partial charge on any atom is -0.369 e. The first-order valence-electron chi connectivity index (χ1n) is 7.37. The largest absolute Gasteiger partial charge is 0.369 e. The van der Waals surface area contributed by atoms with Crippen molar-refractivity contribution >= 4 is 28.7 Å². The van der Waals surface area contributed by atoms with Gasteiger partial charge in [0.1, 0.15) is 6.10 Å². The van der Waals surface area contributed by atoms with Gasteiger partial charge in [-0.15, -0.1) is 22.7 Å². The highest BCUT2D eigenvalue weighted by molar-refractivity contribution is 7.10. The fourth-order valence-electron chi connectivity index (χ4n) is 2.35. The van der Waals surface area contributed by atoms with Crippen molar-refractivity contribution in [3.63, 3.8) is 0 Å². The third-order valence-corrected chi connectivity index (χ3v) is 5.54. The summed E-state index contributed by atoms with van der Waals surface area (Å²) < 4.78 is 5.76. The van der Waals surface area contributed by atoms with Gasteiger partial charge >= 0.3 is 6.03 Å². The molecule has 118 valence electrons. The van der Waals surface area contributed by atoms with Crippen LogP contribution in [-0.4, -0.2) is 35.6 Å². The second-order valence-electron chi connectivity index (χ2n) is 5.07. The van der Waals surface area contributed by atoms with Crippen LogP contribution in [0.1, 0.15) is 28.6 Å². The van der Waals surface area contributed by atoms with Crippen LogP contribution in [0, 0.1) is 0 Å². The zero-order valence-electron chi connectivity index (χ0n) is 12.4. The summed E-state index contributed by atoms with van der Waals surface area (Å²) in [5.41, 5.74) is 0.929. The zero-order valence-corrected chi connectivity index (χ0v) is 14.1. The molecule has 0 bridgehead atoms. The van der Waals surface area contributed by atoms with Crippen LogP contribution in [-0.2, 0) is 17.7 Å². The Bertz CT molecular complexity index is 612. The summed E-state index contributed by atoms with van der Waals surface area (Å²) in [5.74, 6) is 0. The van der Waals surface area contributed by atoms with Gasteiger partial charge in [0.2, 0.25) is 0 Å². The summed E-state index contributed by atoms with van der Waals surface area (Å²) in [6.07, 6.45) is 0.926. The third kappa shape index (κ3) is 3.66. The lowest BCUT2D eigenvalue weighted by molar-refractivity contribution is -0.0136. The monoisotopic (exact) mass is 337 g/mol. The van der Waals surface area contributed by atoms with E-state index >= 15 is 0 Å². The Balaban J connectivity index is 1.53. The Kier molecular flexibility index (Phi) is 5.07. The number of ether oxygens (including phenoxy) is 1. The molecule has 0 aliphatic carbocycles. The molecular weight excluding hydrogens is 318 g/mol. The van der Waals surface area contributed by atoms with Gasteiger partial charge in [-0.3, -0.25) is 0 Å². The number of aryl methyl sites for hydroxylation is 1. The number of nitrogens with one attached hydrogen (secondary N) is 1. The van der Waals surface area contributed by atoms with Crippen LogP contribution in [0.4, 0.5) is 4.79 Å². The molecule has 7 heteroatoms. The molecule has 5 nitrogen and oxygen atoms in total. The van der Waals surface area contributed by atoms with Crippen molar-refractivity contribution in [3.8, 4) is 0 Å². The maximum absolute atomic E-state index is 12.3. The van der Waals surface area contributed by atoms with Crippen molar-refractivity contribution < 1.29 is 9.53 Å². The Labute approximate surface area is 137 Å². The molecule has 0 radical (unpaired) electrons. The number of aromatic nitrogens is 1. The molecule has 1 N–H and O–H groups in total. The standard InChI is InChI=1S/C15H19N3O2S2/c1-2-14-17-11(10-22-14)8-16-15(19)18-5-6-20-12(9-18)13-4-3-7-21-13/h3-4,7,10,12H,2,5-6,8-9H2,1H3,(H,16,19)/t12-/m0/s1. The first-order valence-corrected chi connectivity index (χ1v) is 9.13. The lowest BCUT2D eigenvalue weighted by Gasteiger charge is -2.32. The van der Waals surface area contributed by atoms with Crippen molar-refractivity contribution in [2.24, 2.45) is 0 Å². The van der Waals surface area contributed by atoms with Gasteiger partial charge in [0.25, 0.3) is 0 Å². The van der Waals surface area contributed by atoms with Crippen LogP contribution in [0.25, 0.3) is 0 Å². The summed E-state index contributed by atoms with van der Waals surface area (Å²) in [5, 5.41) is 8.10. The fraction of sp³-hybridized carbons (Fsp3) is 0.467. The van der Waals surface area contributed by atoms with Gasteiger partial charge in [0.15, 0.2) is 0 Å². The molecule has 1 fully saturated rings. The maximum Gasteiger partial charge on any atom is 0.317 e. The smallest absolute Gasteiger partial charge is 0.317 e. The van der Waals surface area contributed by atoms with Gasteiger partial charge in [-0.1, -0.05) is 13.0 Å². The number of carbonyl (C=O) groups excluding carboxylic acids is 1. The molecule has 3 rings (SSSR count). The molecule has 0 aromatic carbocycles. The molecule has 2 aromatic heterocycles. The molecule has 22 heavy (non-hydrogen) atoms. The van der Waals surface area contributed by atoms with Crippen LogP contribution < -0.4 is 5.32 Å². The van der Waals surface area contributed by atoms with Crippen LogP contribution in [0.5, 0.6) is 0 Å². The summed E-state index contributed by atoms with van der Waals surface area (Å²) >= 11 is 3.31. The molecule has 0 spiro atoms. The molecule has 0 unspecified atom stereocenters. The molecule has 1 aliphatic heterocycles. The highest BCUT2D eigenvalue weighted by atomic mass is 32.1. The van der Waals surface area contributed by atoms with E-state index in [1.165, 1.54) is 4.88 Å². The second-order valence-corrected chi connectivity index (χ2v) is 6.99. The molecule has 2 amide bonds. The molecule has 1 saturated heterocycles. The number of nitrogens with zero attached hydrogens (tertiary/aromatic N) is 2. The highest BCUT2D eigenvalue weighted by Crippen LogP contribution is 2.26. The minimum atomic E-state index is -0.0455. The average Bonchev–Trinajstić information content (AvgIpc) is 3.24. The molecule has 3 heterocycles. The first kappa shape index (κ1) is 15.5. The second kappa shape index (κ2) is 7.21. The fourth-order valence-corrected chi connectivity index (χ4v) is 3.86. The van der Waals surface area contributed by atoms with Crippen molar-refractivity contribution in [1.29, 1.82) is 0 Å². The van der Waals surface area contributed by atoms with E-state index in [0.717, 1.165) is 17.1 Å². The highest BCUT2D eigenvalue weighted by Gasteiger charge is 2.25. The topological polar surface area (TPSA) is 54.5 Å². The van der Waals surface area contributed by atoms with Crippen LogP contribution in [0.3, 0.4) is 0 Å². The van der Waals surface area contributed by atoms with E-state index in [4.69, 9.17) is 4.74 Å². The van der Waals surface area contributed by atoms with Crippen LogP contribution >= 0.6 is 22.7 Å². The van der Waals surface area contributed by atoms with E-state index in [-0.39, 0.29) is 12.1 Å². The van der Waals surface area contributed by atoms with Gasteiger partial charge in [-0.25, -0.2) is 9.78 Å². The molecular formula is C15H19N3O2S2. The predicted molar refractivity (Wildman–Crippen MR) is 88.3 cm³/mol. The molecule has 1 atom stereocenters. The van der Waals surface area contributed by atoms with E-state index in [0.29, 0.717) is 26.2 Å². The lowest BCUT2D eigenvalue weighted by Crippen LogP contribution is -2.46.